The lowest BCUT2D eigenvalue weighted by Gasteiger charge is -2.31. The summed E-state index contributed by atoms with van der Waals surface area (Å²) in [4.78, 5) is 40.4. The molecule has 0 aliphatic carbocycles. The van der Waals surface area contributed by atoms with Gasteiger partial charge in [0, 0.05) is 15.8 Å². The number of para-hydroxylation sites is 2. The van der Waals surface area contributed by atoms with E-state index in [1.165, 1.54) is 11.8 Å². The molecule has 0 fully saturated rings. The van der Waals surface area contributed by atoms with E-state index in [9.17, 15) is 14.4 Å². The van der Waals surface area contributed by atoms with E-state index in [1.54, 1.807) is 49.4 Å². The van der Waals surface area contributed by atoms with Crippen molar-refractivity contribution in [1.82, 2.24) is 0 Å². The highest BCUT2D eigenvalue weighted by Gasteiger charge is 2.46. The molecule has 5 rings (SSSR count). The zero-order valence-corrected chi connectivity index (χ0v) is 18.8. The van der Waals surface area contributed by atoms with Gasteiger partial charge in [0.1, 0.15) is 5.58 Å². The molecule has 7 heteroatoms. The van der Waals surface area contributed by atoms with E-state index in [4.69, 9.17) is 4.42 Å². The van der Waals surface area contributed by atoms with Gasteiger partial charge < -0.3 is 15.1 Å². The molecule has 4 aromatic rings. The summed E-state index contributed by atoms with van der Waals surface area (Å²) in [5.74, 6) is -1.29. The van der Waals surface area contributed by atoms with Gasteiger partial charge in [-0.1, -0.05) is 65.9 Å². The molecule has 2 N–H and O–H groups in total. The van der Waals surface area contributed by atoms with Crippen LogP contribution in [0.3, 0.4) is 0 Å². The van der Waals surface area contributed by atoms with E-state index in [0.717, 1.165) is 10.5 Å². The lowest BCUT2D eigenvalue weighted by Crippen LogP contribution is -2.49. The van der Waals surface area contributed by atoms with Crippen LogP contribution in [0.4, 0.5) is 11.4 Å². The fourth-order valence-corrected chi connectivity index (χ4v) is 4.82. The predicted octanol–water partition coefficient (Wildman–Crippen LogP) is 5.41. The Morgan fingerprint density at radius 2 is 1.67 bits per heavy atom. The highest BCUT2D eigenvalue weighted by Crippen LogP contribution is 2.43. The number of amides is 2. The van der Waals surface area contributed by atoms with Crippen molar-refractivity contribution >= 4 is 51.7 Å². The van der Waals surface area contributed by atoms with Gasteiger partial charge in [-0.3, -0.25) is 14.4 Å². The minimum Gasteiger partial charge on any atom is -0.450 e. The Morgan fingerprint density at radius 1 is 0.970 bits per heavy atom. The summed E-state index contributed by atoms with van der Waals surface area (Å²) in [7, 11) is 0. The number of ketones is 1. The average molecular weight is 457 g/mol. The second kappa shape index (κ2) is 7.94. The van der Waals surface area contributed by atoms with Crippen LogP contribution in [-0.2, 0) is 9.59 Å². The van der Waals surface area contributed by atoms with Gasteiger partial charge in [-0.2, -0.15) is 0 Å². The zero-order chi connectivity index (χ0) is 23.2. The van der Waals surface area contributed by atoms with Gasteiger partial charge in [0.15, 0.2) is 10.5 Å². The largest absolute Gasteiger partial charge is 0.450 e. The van der Waals surface area contributed by atoms with E-state index < -0.39 is 16.6 Å². The van der Waals surface area contributed by atoms with Crippen molar-refractivity contribution in [3.8, 4) is 0 Å². The van der Waals surface area contributed by atoms with Crippen LogP contribution in [0, 0.1) is 6.92 Å². The van der Waals surface area contributed by atoms with Crippen molar-refractivity contribution in [3.05, 3.63) is 89.7 Å². The quantitative estimate of drug-likeness (QED) is 0.316. The molecule has 2 amide bonds. The Balaban J connectivity index is 1.54. The van der Waals surface area contributed by atoms with E-state index in [1.807, 2.05) is 37.3 Å². The number of rotatable bonds is 4. The Bertz CT molecular complexity index is 1420. The molecule has 1 unspecified atom stereocenters. The van der Waals surface area contributed by atoms with Crippen LogP contribution in [0.2, 0.25) is 0 Å². The summed E-state index contributed by atoms with van der Waals surface area (Å²) in [6.07, 6.45) is 0. The molecule has 0 radical (unpaired) electrons. The molecular weight excluding hydrogens is 436 g/mol. The number of thioether (sulfide) groups is 1. The molecule has 0 spiro atoms. The molecule has 3 aromatic carbocycles. The van der Waals surface area contributed by atoms with Crippen molar-refractivity contribution in [3.63, 3.8) is 0 Å². The molecule has 1 aliphatic rings. The van der Waals surface area contributed by atoms with Crippen molar-refractivity contribution in [1.29, 1.82) is 0 Å². The third-order valence-corrected chi connectivity index (χ3v) is 7.02. The van der Waals surface area contributed by atoms with E-state index in [-0.39, 0.29) is 17.2 Å². The summed E-state index contributed by atoms with van der Waals surface area (Å²) < 4.78 is 4.44. The number of fused-ring (bicyclic) bond motifs is 2. The Kier molecular flexibility index (Phi) is 5.06. The van der Waals surface area contributed by atoms with Crippen LogP contribution >= 0.6 is 11.8 Å². The van der Waals surface area contributed by atoms with Gasteiger partial charge in [-0.05, 0) is 38.1 Å². The Morgan fingerprint density at radius 3 is 2.45 bits per heavy atom. The molecule has 0 bridgehead atoms. The van der Waals surface area contributed by atoms with Gasteiger partial charge in [-0.15, -0.1) is 0 Å². The number of carbonyl (C=O) groups excluding carboxylic acids is 3. The smallest absolute Gasteiger partial charge is 0.250 e. The minimum atomic E-state index is -1.43. The molecule has 1 atom stereocenters. The first-order valence-corrected chi connectivity index (χ1v) is 11.2. The van der Waals surface area contributed by atoms with Crippen LogP contribution < -0.4 is 10.6 Å². The molecule has 164 valence electrons. The maximum atomic E-state index is 13.5. The van der Waals surface area contributed by atoms with E-state index >= 15 is 0 Å². The number of hydrogen-bond acceptors (Lipinski definition) is 5. The van der Waals surface area contributed by atoms with Crippen molar-refractivity contribution < 1.29 is 18.8 Å². The minimum absolute atomic E-state index is 0.0265. The summed E-state index contributed by atoms with van der Waals surface area (Å²) >= 11 is 1.18. The molecular formula is C26H20N2O4S. The van der Waals surface area contributed by atoms with Crippen LogP contribution in [0.1, 0.15) is 28.6 Å². The molecule has 0 saturated carbocycles. The summed E-state index contributed by atoms with van der Waals surface area (Å²) in [5, 5.41) is 6.23. The second-order valence-electron chi connectivity index (χ2n) is 8.04. The highest BCUT2D eigenvalue weighted by atomic mass is 32.2. The van der Waals surface area contributed by atoms with Crippen molar-refractivity contribution in [2.45, 2.75) is 23.5 Å². The van der Waals surface area contributed by atoms with Crippen molar-refractivity contribution in [2.75, 3.05) is 10.6 Å². The number of carbonyl (C=O) groups is 3. The standard InChI is InChI=1S/C26H20N2O4S/c1-15-11-13-16(14-12-15)22(29)23-21(17-7-3-5-9-19(17)32-23)28-25(31)26(2)24(30)27-18-8-4-6-10-20(18)33-26/h3-14H,1-2H3,(H,27,30)(H,28,31). The third kappa shape index (κ3) is 3.60. The third-order valence-electron chi connectivity index (χ3n) is 5.67. The topological polar surface area (TPSA) is 88.4 Å². The molecule has 6 nitrogen and oxygen atoms in total. The number of hydrogen-bond donors (Lipinski definition) is 2. The summed E-state index contributed by atoms with van der Waals surface area (Å²) in [6, 6.07) is 21.5. The van der Waals surface area contributed by atoms with Gasteiger partial charge in [0.05, 0.1) is 11.4 Å². The fraction of sp³-hybridized carbons (Fsp3) is 0.115. The molecule has 33 heavy (non-hydrogen) atoms. The maximum absolute atomic E-state index is 13.5. The van der Waals surface area contributed by atoms with E-state index in [2.05, 4.69) is 10.6 Å². The van der Waals surface area contributed by atoms with Gasteiger partial charge >= 0.3 is 0 Å². The molecule has 0 saturated heterocycles. The van der Waals surface area contributed by atoms with Crippen LogP contribution in [0.15, 0.2) is 82.1 Å². The van der Waals surface area contributed by atoms with E-state index in [0.29, 0.717) is 22.2 Å². The first kappa shape index (κ1) is 21.0. The molecule has 2 heterocycles. The number of furan rings is 1. The fourth-order valence-electron chi connectivity index (χ4n) is 3.71. The monoisotopic (exact) mass is 456 g/mol. The Labute approximate surface area is 194 Å². The van der Waals surface area contributed by atoms with Gasteiger partial charge in [0.2, 0.25) is 17.6 Å². The first-order chi connectivity index (χ1) is 15.9. The normalized spacial score (nSPS) is 17.3. The number of benzene rings is 3. The SMILES string of the molecule is Cc1ccc(C(=O)c2oc3ccccc3c2NC(=O)C2(C)Sc3ccccc3NC2=O)cc1. The average Bonchev–Trinajstić information content (AvgIpc) is 3.18. The molecule has 1 aromatic heterocycles. The van der Waals surface area contributed by atoms with Gasteiger partial charge in [0.25, 0.3) is 0 Å². The first-order valence-electron chi connectivity index (χ1n) is 10.4. The van der Waals surface area contributed by atoms with Gasteiger partial charge in [-0.25, -0.2) is 0 Å². The van der Waals surface area contributed by atoms with Crippen LogP contribution in [-0.4, -0.2) is 22.3 Å². The maximum Gasteiger partial charge on any atom is 0.250 e. The lowest BCUT2D eigenvalue weighted by molar-refractivity contribution is -0.126. The number of nitrogens with one attached hydrogen (secondary N) is 2. The lowest BCUT2D eigenvalue weighted by atomic mass is 10.0. The van der Waals surface area contributed by atoms with Crippen molar-refractivity contribution in [2.24, 2.45) is 0 Å². The Hall–Kier alpha value is -3.84. The predicted molar refractivity (Wildman–Crippen MR) is 129 cm³/mol. The molecule has 1 aliphatic heterocycles. The highest BCUT2D eigenvalue weighted by molar-refractivity contribution is 8.02. The second-order valence-corrected chi connectivity index (χ2v) is 9.50. The number of anilines is 2. The van der Waals surface area contributed by atoms with Crippen LogP contribution in [0.5, 0.6) is 0 Å². The summed E-state index contributed by atoms with van der Waals surface area (Å²) in [5.41, 5.74) is 2.87. The van der Waals surface area contributed by atoms with Crippen LogP contribution in [0.25, 0.3) is 11.0 Å². The summed E-state index contributed by atoms with van der Waals surface area (Å²) in [6.45, 7) is 3.51. The number of aryl methyl sites for hydroxylation is 1. The zero-order valence-electron chi connectivity index (χ0n) is 18.0.